The third-order valence-corrected chi connectivity index (χ3v) is 3.56. The summed E-state index contributed by atoms with van der Waals surface area (Å²) >= 11 is 0. The lowest BCUT2D eigenvalue weighted by atomic mass is 10.3. The van der Waals surface area contributed by atoms with Crippen LogP contribution in [0, 0.1) is 0 Å². The van der Waals surface area contributed by atoms with Crippen molar-refractivity contribution in [1.82, 2.24) is 9.97 Å². The van der Waals surface area contributed by atoms with Gasteiger partial charge in [0.25, 0.3) is 5.56 Å². The smallest absolute Gasteiger partial charge is 0.305 e. The zero-order chi connectivity index (χ0) is 13.4. The third-order valence-electron chi connectivity index (χ3n) is 3.56. The normalized spacial score (nSPS) is 18.3. The molecule has 102 valence electrons. The largest absolute Gasteiger partial charge is 0.481 e. The fourth-order valence-corrected chi connectivity index (χ4v) is 2.25. The molecule has 0 unspecified atom stereocenters. The molecule has 0 bridgehead atoms. The van der Waals surface area contributed by atoms with Crippen LogP contribution in [0.2, 0.25) is 0 Å². The Hall–Kier alpha value is -1.85. The molecule has 6 heteroatoms. The summed E-state index contributed by atoms with van der Waals surface area (Å²) in [5.41, 5.74) is -0.145. The Morgan fingerprint density at radius 3 is 2.74 bits per heavy atom. The highest BCUT2D eigenvalue weighted by Crippen LogP contribution is 2.38. The summed E-state index contributed by atoms with van der Waals surface area (Å²) in [6.45, 7) is 0.417. The number of H-pyrrole nitrogens is 1. The molecule has 0 aromatic carbocycles. The highest BCUT2D eigenvalue weighted by Gasteiger charge is 2.32. The van der Waals surface area contributed by atoms with E-state index in [1.54, 1.807) is 0 Å². The minimum atomic E-state index is -0.821. The van der Waals surface area contributed by atoms with Crippen LogP contribution in [0.5, 0.6) is 0 Å². The van der Waals surface area contributed by atoms with E-state index in [9.17, 15) is 9.59 Å². The van der Waals surface area contributed by atoms with E-state index in [1.165, 1.54) is 6.07 Å². The van der Waals surface area contributed by atoms with E-state index in [2.05, 4.69) is 9.97 Å². The van der Waals surface area contributed by atoms with Crippen molar-refractivity contribution >= 4 is 11.8 Å². The van der Waals surface area contributed by atoms with Gasteiger partial charge in [0.2, 0.25) is 0 Å². The van der Waals surface area contributed by atoms with E-state index in [0.717, 1.165) is 31.5 Å². The molecule has 0 spiro atoms. The Labute approximate surface area is 110 Å². The van der Waals surface area contributed by atoms with Gasteiger partial charge in [0.05, 0.1) is 6.42 Å². The van der Waals surface area contributed by atoms with Gasteiger partial charge in [0.15, 0.2) is 0 Å². The number of nitrogens with zero attached hydrogens (tertiary/aromatic N) is 2. The van der Waals surface area contributed by atoms with Crippen LogP contribution in [0.15, 0.2) is 10.9 Å². The molecule has 19 heavy (non-hydrogen) atoms. The van der Waals surface area contributed by atoms with Crippen LogP contribution in [0.1, 0.15) is 43.8 Å². The number of anilines is 1. The van der Waals surface area contributed by atoms with Crippen LogP contribution in [0.25, 0.3) is 0 Å². The van der Waals surface area contributed by atoms with Gasteiger partial charge in [0.1, 0.15) is 11.6 Å². The van der Waals surface area contributed by atoms with Gasteiger partial charge < -0.3 is 15.0 Å². The van der Waals surface area contributed by atoms with Gasteiger partial charge in [-0.3, -0.25) is 9.59 Å². The molecule has 1 aromatic rings. The van der Waals surface area contributed by atoms with Crippen LogP contribution in [-0.4, -0.2) is 33.6 Å². The number of carbonyl (C=O) groups is 1. The molecule has 2 aliphatic carbocycles. The van der Waals surface area contributed by atoms with Gasteiger partial charge in [-0.2, -0.15) is 0 Å². The fraction of sp³-hybridized carbons (Fsp3) is 0.615. The first-order chi connectivity index (χ1) is 9.13. The predicted molar refractivity (Wildman–Crippen MR) is 69.5 cm³/mol. The Kier molecular flexibility index (Phi) is 3.00. The van der Waals surface area contributed by atoms with Crippen molar-refractivity contribution in [3.63, 3.8) is 0 Å². The number of carboxylic acids is 1. The summed E-state index contributed by atoms with van der Waals surface area (Å²) in [4.78, 5) is 31.7. The molecule has 3 rings (SSSR count). The molecular weight excluding hydrogens is 246 g/mol. The predicted octanol–water partition coefficient (Wildman–Crippen LogP) is 1.09. The van der Waals surface area contributed by atoms with E-state index in [4.69, 9.17) is 5.11 Å². The SMILES string of the molecule is O=C(O)CCN(c1cc(=O)[nH]c(C2CC2)n1)C1CC1. The Morgan fingerprint density at radius 1 is 1.42 bits per heavy atom. The molecule has 0 saturated heterocycles. The first kappa shape index (κ1) is 12.2. The monoisotopic (exact) mass is 263 g/mol. The van der Waals surface area contributed by atoms with Crippen LogP contribution in [0.3, 0.4) is 0 Å². The van der Waals surface area contributed by atoms with E-state index in [1.807, 2.05) is 4.90 Å². The number of hydrogen-bond donors (Lipinski definition) is 2. The van der Waals surface area contributed by atoms with Gasteiger partial charge >= 0.3 is 5.97 Å². The van der Waals surface area contributed by atoms with E-state index in [-0.39, 0.29) is 12.0 Å². The van der Waals surface area contributed by atoms with Crippen LogP contribution < -0.4 is 10.5 Å². The topological polar surface area (TPSA) is 86.3 Å². The van der Waals surface area contributed by atoms with Gasteiger partial charge in [-0.15, -0.1) is 0 Å². The van der Waals surface area contributed by atoms with Crippen molar-refractivity contribution in [2.45, 2.75) is 44.1 Å². The third kappa shape index (κ3) is 2.94. The maximum absolute atomic E-state index is 11.7. The zero-order valence-corrected chi connectivity index (χ0v) is 10.6. The lowest BCUT2D eigenvalue weighted by molar-refractivity contribution is -0.136. The molecule has 2 N–H and O–H groups in total. The second-order valence-electron chi connectivity index (χ2n) is 5.33. The summed E-state index contributed by atoms with van der Waals surface area (Å²) in [6, 6.07) is 1.83. The van der Waals surface area contributed by atoms with Crippen molar-refractivity contribution < 1.29 is 9.90 Å². The summed E-state index contributed by atoms with van der Waals surface area (Å²) in [5.74, 6) is 0.948. The number of aromatic nitrogens is 2. The molecule has 0 aliphatic heterocycles. The molecule has 0 amide bonds. The number of carboxylic acid groups (broad SMARTS) is 1. The highest BCUT2D eigenvalue weighted by atomic mass is 16.4. The summed E-state index contributed by atoms with van der Waals surface area (Å²) in [5, 5.41) is 8.80. The van der Waals surface area contributed by atoms with Crippen molar-refractivity contribution in [3.05, 3.63) is 22.2 Å². The summed E-state index contributed by atoms with van der Waals surface area (Å²) in [6.07, 6.45) is 4.32. The van der Waals surface area contributed by atoms with Crippen molar-refractivity contribution in [1.29, 1.82) is 0 Å². The first-order valence-electron chi connectivity index (χ1n) is 6.73. The van der Waals surface area contributed by atoms with Crippen molar-refractivity contribution in [2.24, 2.45) is 0 Å². The minimum absolute atomic E-state index is 0.0732. The molecule has 0 atom stereocenters. The quantitative estimate of drug-likeness (QED) is 0.802. The Bertz CT molecular complexity index is 546. The lowest BCUT2D eigenvalue weighted by Crippen LogP contribution is -2.31. The number of hydrogen-bond acceptors (Lipinski definition) is 4. The molecule has 1 aromatic heterocycles. The minimum Gasteiger partial charge on any atom is -0.481 e. The summed E-state index contributed by atoms with van der Waals surface area (Å²) in [7, 11) is 0. The Morgan fingerprint density at radius 2 is 2.16 bits per heavy atom. The highest BCUT2D eigenvalue weighted by molar-refractivity contribution is 5.67. The second kappa shape index (κ2) is 4.68. The van der Waals surface area contributed by atoms with Gasteiger partial charge in [-0.05, 0) is 25.7 Å². The van der Waals surface area contributed by atoms with Gasteiger partial charge in [-0.25, -0.2) is 4.98 Å². The maximum Gasteiger partial charge on any atom is 0.305 e. The van der Waals surface area contributed by atoms with E-state index in [0.29, 0.717) is 24.3 Å². The van der Waals surface area contributed by atoms with Gasteiger partial charge in [0, 0.05) is 24.6 Å². The Balaban J connectivity index is 1.84. The zero-order valence-electron chi connectivity index (χ0n) is 10.6. The molecule has 1 heterocycles. The standard InChI is InChI=1S/C13H17N3O3/c17-11-7-10(14-13(15-11)8-1-2-8)16(9-3-4-9)6-5-12(18)19/h7-9H,1-6H2,(H,18,19)(H,14,15,17). The molecule has 2 saturated carbocycles. The number of rotatable bonds is 6. The molecule has 6 nitrogen and oxygen atoms in total. The second-order valence-corrected chi connectivity index (χ2v) is 5.33. The molecular formula is C13H17N3O3. The molecule has 0 radical (unpaired) electrons. The average molecular weight is 263 g/mol. The van der Waals surface area contributed by atoms with Crippen LogP contribution >= 0.6 is 0 Å². The van der Waals surface area contributed by atoms with Crippen LogP contribution in [-0.2, 0) is 4.79 Å². The fourth-order valence-electron chi connectivity index (χ4n) is 2.25. The summed E-state index contributed by atoms with van der Waals surface area (Å²) < 4.78 is 0. The van der Waals surface area contributed by atoms with Crippen molar-refractivity contribution in [2.75, 3.05) is 11.4 Å². The van der Waals surface area contributed by atoms with Crippen LogP contribution in [0.4, 0.5) is 5.82 Å². The number of aliphatic carboxylic acids is 1. The molecule has 2 aliphatic rings. The lowest BCUT2D eigenvalue weighted by Gasteiger charge is -2.22. The maximum atomic E-state index is 11.7. The number of aromatic amines is 1. The average Bonchev–Trinajstić information content (AvgIpc) is 3.21. The van der Waals surface area contributed by atoms with E-state index >= 15 is 0 Å². The van der Waals surface area contributed by atoms with Gasteiger partial charge in [-0.1, -0.05) is 0 Å². The first-order valence-corrected chi connectivity index (χ1v) is 6.73. The van der Waals surface area contributed by atoms with E-state index < -0.39 is 5.97 Å². The van der Waals surface area contributed by atoms with Crippen molar-refractivity contribution in [3.8, 4) is 0 Å². The number of nitrogens with one attached hydrogen (secondary N) is 1. The molecule has 2 fully saturated rings.